The molecule has 2 aromatic rings. The Bertz CT molecular complexity index is 1190. The SMILES string of the molecule is Cc1cc(Cl)ccc1N=Cc1c(C)c(C#N)c(=O)n(C2CCS(=O)(=O)C2)c1O. The number of hydrogen-bond acceptors (Lipinski definition) is 6. The second-order valence-corrected chi connectivity index (χ2v) is 9.44. The number of aliphatic imine (C=N–C) groups is 1. The zero-order valence-electron chi connectivity index (χ0n) is 15.3. The van der Waals surface area contributed by atoms with E-state index < -0.39 is 21.4 Å². The summed E-state index contributed by atoms with van der Waals surface area (Å²) < 4.78 is 24.6. The standard InChI is InChI=1S/C19H18ClN3O4S/c1-11-7-13(20)3-4-17(11)22-9-16-12(2)15(8-21)18(24)23(19(16)25)14-5-6-28(26,27)10-14/h3-4,7,9,14,25H,5-6,10H2,1-2H3. The van der Waals surface area contributed by atoms with Crippen LogP contribution >= 0.6 is 11.6 Å². The Kier molecular flexibility index (Phi) is 5.33. The minimum absolute atomic E-state index is 0.0628. The van der Waals surface area contributed by atoms with Crippen molar-refractivity contribution in [1.82, 2.24) is 4.57 Å². The molecule has 1 fully saturated rings. The van der Waals surface area contributed by atoms with Crippen molar-refractivity contribution in [3.63, 3.8) is 0 Å². The molecular formula is C19H18ClN3O4S. The minimum atomic E-state index is -3.28. The van der Waals surface area contributed by atoms with E-state index in [1.807, 2.05) is 13.0 Å². The highest BCUT2D eigenvalue weighted by atomic mass is 35.5. The van der Waals surface area contributed by atoms with E-state index in [0.717, 1.165) is 10.1 Å². The molecule has 1 aromatic heterocycles. The Labute approximate surface area is 167 Å². The third kappa shape index (κ3) is 3.68. The van der Waals surface area contributed by atoms with E-state index >= 15 is 0 Å². The van der Waals surface area contributed by atoms with Gasteiger partial charge in [0, 0.05) is 11.2 Å². The lowest BCUT2D eigenvalue weighted by molar-refractivity contribution is 0.379. The summed E-state index contributed by atoms with van der Waals surface area (Å²) >= 11 is 5.94. The van der Waals surface area contributed by atoms with E-state index in [2.05, 4.69) is 4.99 Å². The molecule has 9 heteroatoms. The zero-order valence-corrected chi connectivity index (χ0v) is 16.9. The normalized spacial score (nSPS) is 18.4. The Hall–Kier alpha value is -2.63. The highest BCUT2D eigenvalue weighted by Crippen LogP contribution is 2.30. The van der Waals surface area contributed by atoms with Crippen LogP contribution < -0.4 is 5.56 Å². The number of aromatic hydroxyl groups is 1. The minimum Gasteiger partial charge on any atom is -0.494 e. The molecular weight excluding hydrogens is 402 g/mol. The van der Waals surface area contributed by atoms with E-state index in [4.69, 9.17) is 11.6 Å². The number of nitrogens with zero attached hydrogens (tertiary/aromatic N) is 3. The Morgan fingerprint density at radius 3 is 2.68 bits per heavy atom. The van der Waals surface area contributed by atoms with Crippen molar-refractivity contribution >= 4 is 33.3 Å². The lowest BCUT2D eigenvalue weighted by Crippen LogP contribution is -2.29. The second-order valence-electron chi connectivity index (χ2n) is 6.77. The fourth-order valence-electron chi connectivity index (χ4n) is 3.31. The van der Waals surface area contributed by atoms with Crippen LogP contribution in [0.15, 0.2) is 28.0 Å². The number of aryl methyl sites for hydroxylation is 1. The third-order valence-electron chi connectivity index (χ3n) is 4.86. The Balaban J connectivity index is 2.16. The number of hydrogen-bond donors (Lipinski definition) is 1. The first kappa shape index (κ1) is 20.1. The Morgan fingerprint density at radius 1 is 1.39 bits per heavy atom. The molecule has 28 heavy (non-hydrogen) atoms. The average Bonchev–Trinajstić information content (AvgIpc) is 2.96. The highest BCUT2D eigenvalue weighted by molar-refractivity contribution is 7.91. The lowest BCUT2D eigenvalue weighted by atomic mass is 10.0. The molecule has 1 atom stereocenters. The topological polar surface area (TPSA) is 113 Å². The highest BCUT2D eigenvalue weighted by Gasteiger charge is 2.33. The van der Waals surface area contributed by atoms with Gasteiger partial charge in [-0.15, -0.1) is 0 Å². The van der Waals surface area contributed by atoms with Gasteiger partial charge in [-0.25, -0.2) is 8.42 Å². The zero-order chi connectivity index (χ0) is 20.6. The van der Waals surface area contributed by atoms with E-state index in [-0.39, 0.29) is 40.5 Å². The van der Waals surface area contributed by atoms with Gasteiger partial charge in [0.2, 0.25) is 5.88 Å². The summed E-state index contributed by atoms with van der Waals surface area (Å²) in [5, 5.41) is 20.7. The molecule has 0 aliphatic carbocycles. The van der Waals surface area contributed by atoms with Crippen LogP contribution in [0, 0.1) is 25.2 Å². The monoisotopic (exact) mass is 419 g/mol. The van der Waals surface area contributed by atoms with Crippen molar-refractivity contribution in [3.05, 3.63) is 55.8 Å². The van der Waals surface area contributed by atoms with E-state index in [1.165, 1.54) is 6.21 Å². The summed E-state index contributed by atoms with van der Waals surface area (Å²) in [6.07, 6.45) is 1.58. The molecule has 0 radical (unpaired) electrons. The third-order valence-corrected chi connectivity index (χ3v) is 6.84. The predicted molar refractivity (Wildman–Crippen MR) is 108 cm³/mol. The molecule has 0 amide bonds. The molecule has 3 rings (SSSR count). The van der Waals surface area contributed by atoms with Crippen LogP contribution in [-0.2, 0) is 9.84 Å². The Morgan fingerprint density at radius 2 is 2.11 bits per heavy atom. The first-order valence-corrected chi connectivity index (χ1v) is 10.7. The number of pyridine rings is 1. The van der Waals surface area contributed by atoms with Gasteiger partial charge in [0.05, 0.1) is 28.8 Å². The molecule has 0 bridgehead atoms. The fourth-order valence-corrected chi connectivity index (χ4v) is 5.24. The molecule has 1 aliphatic rings. The van der Waals surface area contributed by atoms with Crippen molar-refractivity contribution in [2.45, 2.75) is 26.3 Å². The van der Waals surface area contributed by atoms with Crippen LogP contribution in [-0.4, -0.2) is 35.8 Å². The van der Waals surface area contributed by atoms with Gasteiger partial charge in [-0.05, 0) is 49.6 Å². The molecule has 1 saturated heterocycles. The first-order valence-electron chi connectivity index (χ1n) is 8.53. The van der Waals surface area contributed by atoms with Crippen LogP contribution in [0.3, 0.4) is 0 Å². The summed E-state index contributed by atoms with van der Waals surface area (Å²) in [6, 6.07) is 6.28. The maximum absolute atomic E-state index is 12.7. The van der Waals surface area contributed by atoms with Crippen molar-refractivity contribution < 1.29 is 13.5 Å². The van der Waals surface area contributed by atoms with Crippen molar-refractivity contribution in [2.24, 2.45) is 4.99 Å². The number of benzene rings is 1. The fraction of sp³-hybridized carbons (Fsp3) is 0.316. The first-order chi connectivity index (χ1) is 13.1. The number of aromatic nitrogens is 1. The maximum atomic E-state index is 12.7. The second kappa shape index (κ2) is 7.41. The van der Waals surface area contributed by atoms with Gasteiger partial charge in [0.1, 0.15) is 11.6 Å². The summed E-state index contributed by atoms with van der Waals surface area (Å²) in [7, 11) is -3.28. The van der Waals surface area contributed by atoms with Crippen LogP contribution in [0.2, 0.25) is 5.02 Å². The van der Waals surface area contributed by atoms with E-state index in [1.54, 1.807) is 25.1 Å². The van der Waals surface area contributed by atoms with Gasteiger partial charge in [0.15, 0.2) is 9.84 Å². The van der Waals surface area contributed by atoms with Crippen molar-refractivity contribution in [1.29, 1.82) is 5.26 Å². The quantitative estimate of drug-likeness (QED) is 0.768. The molecule has 1 aromatic carbocycles. The average molecular weight is 420 g/mol. The molecule has 1 N–H and O–H groups in total. The smallest absolute Gasteiger partial charge is 0.271 e. The van der Waals surface area contributed by atoms with Crippen molar-refractivity contribution in [2.75, 3.05) is 11.5 Å². The molecule has 1 aliphatic heterocycles. The predicted octanol–water partition coefficient (Wildman–Crippen LogP) is 2.81. The van der Waals surface area contributed by atoms with Gasteiger partial charge >= 0.3 is 0 Å². The maximum Gasteiger partial charge on any atom is 0.271 e. The molecule has 0 spiro atoms. The lowest BCUT2D eigenvalue weighted by Gasteiger charge is -2.18. The molecule has 2 heterocycles. The van der Waals surface area contributed by atoms with E-state index in [9.17, 15) is 23.6 Å². The summed E-state index contributed by atoms with van der Waals surface area (Å²) in [6.45, 7) is 3.38. The van der Waals surface area contributed by atoms with Crippen LogP contribution in [0.25, 0.3) is 0 Å². The van der Waals surface area contributed by atoms with Gasteiger partial charge in [-0.1, -0.05) is 11.6 Å². The van der Waals surface area contributed by atoms with Crippen molar-refractivity contribution in [3.8, 4) is 11.9 Å². The molecule has 146 valence electrons. The van der Waals surface area contributed by atoms with Crippen LogP contribution in [0.5, 0.6) is 5.88 Å². The van der Waals surface area contributed by atoms with Crippen LogP contribution in [0.4, 0.5) is 5.69 Å². The number of nitriles is 1. The van der Waals surface area contributed by atoms with Gasteiger partial charge in [-0.2, -0.15) is 5.26 Å². The summed E-state index contributed by atoms with van der Waals surface area (Å²) in [5.74, 6) is -0.701. The number of rotatable bonds is 3. The van der Waals surface area contributed by atoms with Gasteiger partial charge in [0.25, 0.3) is 5.56 Å². The number of halogens is 1. The molecule has 7 nitrogen and oxygen atoms in total. The van der Waals surface area contributed by atoms with E-state index in [0.29, 0.717) is 10.7 Å². The summed E-state index contributed by atoms with van der Waals surface area (Å²) in [5.41, 5.74) is 1.09. The van der Waals surface area contributed by atoms with Gasteiger partial charge in [-0.3, -0.25) is 14.4 Å². The number of sulfone groups is 1. The van der Waals surface area contributed by atoms with Crippen LogP contribution in [0.1, 0.15) is 34.7 Å². The largest absolute Gasteiger partial charge is 0.494 e. The molecule has 0 saturated carbocycles. The molecule has 1 unspecified atom stereocenters. The summed E-state index contributed by atoms with van der Waals surface area (Å²) in [4.78, 5) is 17.0. The van der Waals surface area contributed by atoms with Gasteiger partial charge < -0.3 is 5.11 Å².